The predicted molar refractivity (Wildman–Crippen MR) is 122 cm³/mol. The summed E-state index contributed by atoms with van der Waals surface area (Å²) in [7, 11) is 0. The van der Waals surface area contributed by atoms with Crippen LogP contribution in [0.4, 0.5) is 15.9 Å². The van der Waals surface area contributed by atoms with Gasteiger partial charge in [0, 0.05) is 54.1 Å². The standard InChI is InChI=1S/C25H21FN6O/c26-18-4-3-6-20(14-18)29-25-21-16-32(23(33)15-19-5-1-2-10-28-19)13-9-22(21)30-24(31-25)17-7-11-27-12-8-17/h1-8,10-12,14H,9,13,15-16H2,(H,29,30,31). The van der Waals surface area contributed by atoms with Crippen LogP contribution in [0.15, 0.2) is 73.2 Å². The van der Waals surface area contributed by atoms with Crippen LogP contribution in [-0.4, -0.2) is 37.3 Å². The summed E-state index contributed by atoms with van der Waals surface area (Å²) >= 11 is 0. The molecule has 164 valence electrons. The van der Waals surface area contributed by atoms with Crippen molar-refractivity contribution in [1.29, 1.82) is 0 Å². The van der Waals surface area contributed by atoms with Gasteiger partial charge >= 0.3 is 0 Å². The normalized spacial score (nSPS) is 12.8. The van der Waals surface area contributed by atoms with E-state index >= 15 is 0 Å². The monoisotopic (exact) mass is 440 g/mol. The number of halogens is 1. The molecule has 1 aliphatic rings. The Kier molecular flexibility index (Phi) is 5.72. The van der Waals surface area contributed by atoms with Crippen LogP contribution >= 0.6 is 0 Å². The zero-order valence-electron chi connectivity index (χ0n) is 17.8. The number of fused-ring (bicyclic) bond motifs is 1. The highest BCUT2D eigenvalue weighted by atomic mass is 19.1. The highest BCUT2D eigenvalue weighted by Gasteiger charge is 2.26. The van der Waals surface area contributed by atoms with E-state index < -0.39 is 0 Å². The van der Waals surface area contributed by atoms with Crippen LogP contribution in [0, 0.1) is 5.82 Å². The zero-order chi connectivity index (χ0) is 22.6. The number of pyridine rings is 2. The quantitative estimate of drug-likeness (QED) is 0.506. The van der Waals surface area contributed by atoms with Crippen LogP contribution in [0.25, 0.3) is 11.4 Å². The van der Waals surface area contributed by atoms with E-state index in [4.69, 9.17) is 9.97 Å². The molecule has 8 heteroatoms. The Morgan fingerprint density at radius 2 is 1.91 bits per heavy atom. The minimum Gasteiger partial charge on any atom is -0.340 e. The molecule has 1 aromatic carbocycles. The molecule has 0 saturated carbocycles. The number of amides is 1. The molecule has 0 unspecified atom stereocenters. The van der Waals surface area contributed by atoms with E-state index in [1.54, 1.807) is 35.6 Å². The molecular weight excluding hydrogens is 419 g/mol. The van der Waals surface area contributed by atoms with Crippen molar-refractivity contribution in [3.05, 3.63) is 96.0 Å². The van der Waals surface area contributed by atoms with Gasteiger partial charge in [-0.2, -0.15) is 0 Å². The summed E-state index contributed by atoms with van der Waals surface area (Å²) in [5, 5.41) is 3.24. The number of carbonyl (C=O) groups is 1. The van der Waals surface area contributed by atoms with Gasteiger partial charge in [-0.25, -0.2) is 14.4 Å². The number of rotatable bonds is 5. The van der Waals surface area contributed by atoms with E-state index in [0.29, 0.717) is 36.8 Å². The van der Waals surface area contributed by atoms with Crippen LogP contribution in [-0.2, 0) is 24.2 Å². The second-order valence-electron chi connectivity index (χ2n) is 7.76. The zero-order valence-corrected chi connectivity index (χ0v) is 17.8. The molecule has 0 bridgehead atoms. The molecule has 1 amide bonds. The van der Waals surface area contributed by atoms with Crippen molar-refractivity contribution >= 4 is 17.4 Å². The highest BCUT2D eigenvalue weighted by Crippen LogP contribution is 2.29. The lowest BCUT2D eigenvalue weighted by atomic mass is 10.0. The molecule has 0 spiro atoms. The average Bonchev–Trinajstić information content (AvgIpc) is 2.85. The first-order valence-corrected chi connectivity index (χ1v) is 10.7. The minimum atomic E-state index is -0.343. The van der Waals surface area contributed by atoms with E-state index in [2.05, 4.69) is 15.3 Å². The summed E-state index contributed by atoms with van der Waals surface area (Å²) in [6.45, 7) is 0.931. The van der Waals surface area contributed by atoms with Crippen molar-refractivity contribution in [2.75, 3.05) is 11.9 Å². The van der Waals surface area contributed by atoms with Crippen LogP contribution in [0.1, 0.15) is 17.0 Å². The summed E-state index contributed by atoms with van der Waals surface area (Å²) in [6, 6.07) is 15.4. The Morgan fingerprint density at radius 3 is 2.70 bits per heavy atom. The molecule has 4 heterocycles. The first-order valence-electron chi connectivity index (χ1n) is 10.7. The van der Waals surface area contributed by atoms with Gasteiger partial charge in [0.2, 0.25) is 5.91 Å². The van der Waals surface area contributed by atoms with Gasteiger partial charge < -0.3 is 10.2 Å². The van der Waals surface area contributed by atoms with Crippen molar-refractivity contribution in [2.45, 2.75) is 19.4 Å². The third-order valence-electron chi connectivity index (χ3n) is 5.50. The Labute approximate surface area is 190 Å². The topological polar surface area (TPSA) is 83.9 Å². The Bertz CT molecular complexity index is 1280. The van der Waals surface area contributed by atoms with Gasteiger partial charge in [-0.15, -0.1) is 0 Å². The molecule has 33 heavy (non-hydrogen) atoms. The van der Waals surface area contributed by atoms with Gasteiger partial charge in [0.05, 0.1) is 18.7 Å². The van der Waals surface area contributed by atoms with Crippen LogP contribution in [0.2, 0.25) is 0 Å². The van der Waals surface area contributed by atoms with Crippen LogP contribution in [0.5, 0.6) is 0 Å². The number of carbonyl (C=O) groups excluding carboxylic acids is 1. The second-order valence-corrected chi connectivity index (χ2v) is 7.76. The van der Waals surface area contributed by atoms with Crippen LogP contribution < -0.4 is 5.32 Å². The average molecular weight is 440 g/mol. The highest BCUT2D eigenvalue weighted by molar-refractivity contribution is 5.79. The molecule has 1 N–H and O–H groups in total. The van der Waals surface area contributed by atoms with Gasteiger partial charge in [-0.05, 0) is 42.5 Å². The number of nitrogens with one attached hydrogen (secondary N) is 1. The molecule has 0 saturated heterocycles. The lowest BCUT2D eigenvalue weighted by molar-refractivity contribution is -0.131. The van der Waals surface area contributed by atoms with Crippen molar-refractivity contribution in [2.24, 2.45) is 0 Å². The van der Waals surface area contributed by atoms with Crippen molar-refractivity contribution in [3.63, 3.8) is 0 Å². The number of benzene rings is 1. The fraction of sp³-hybridized carbons (Fsp3) is 0.160. The lowest BCUT2D eigenvalue weighted by Crippen LogP contribution is -2.38. The summed E-state index contributed by atoms with van der Waals surface area (Å²) in [4.78, 5) is 32.6. The van der Waals surface area contributed by atoms with Crippen molar-refractivity contribution in [1.82, 2.24) is 24.8 Å². The molecule has 1 aliphatic heterocycles. The minimum absolute atomic E-state index is 0.00531. The number of nitrogens with zero attached hydrogens (tertiary/aromatic N) is 5. The van der Waals surface area contributed by atoms with E-state index in [0.717, 1.165) is 22.5 Å². The van der Waals surface area contributed by atoms with E-state index in [9.17, 15) is 9.18 Å². The van der Waals surface area contributed by atoms with Crippen molar-refractivity contribution in [3.8, 4) is 11.4 Å². The van der Waals surface area contributed by atoms with E-state index in [1.807, 2.05) is 30.3 Å². The SMILES string of the molecule is O=C(Cc1ccccn1)N1CCc2nc(-c3ccncc3)nc(Nc3cccc(F)c3)c2C1. The molecule has 0 radical (unpaired) electrons. The third-order valence-corrected chi connectivity index (χ3v) is 5.50. The fourth-order valence-corrected chi connectivity index (χ4v) is 3.83. The van der Waals surface area contributed by atoms with Crippen LogP contribution in [0.3, 0.4) is 0 Å². The molecule has 3 aromatic heterocycles. The maximum Gasteiger partial charge on any atom is 0.228 e. The smallest absolute Gasteiger partial charge is 0.228 e. The summed E-state index contributed by atoms with van der Waals surface area (Å²) < 4.78 is 13.8. The van der Waals surface area contributed by atoms with Gasteiger partial charge in [0.15, 0.2) is 5.82 Å². The summed E-state index contributed by atoms with van der Waals surface area (Å²) in [5.74, 6) is 0.773. The number of aromatic nitrogens is 4. The second kappa shape index (κ2) is 9.12. The van der Waals surface area contributed by atoms with E-state index in [-0.39, 0.29) is 18.1 Å². The first kappa shape index (κ1) is 20.7. The molecular formula is C25H21FN6O. The van der Waals surface area contributed by atoms with Gasteiger partial charge in [0.25, 0.3) is 0 Å². The third kappa shape index (κ3) is 4.69. The van der Waals surface area contributed by atoms with E-state index in [1.165, 1.54) is 12.1 Å². The lowest BCUT2D eigenvalue weighted by Gasteiger charge is -2.30. The Balaban J connectivity index is 1.48. The Morgan fingerprint density at radius 1 is 1.03 bits per heavy atom. The van der Waals surface area contributed by atoms with Gasteiger partial charge in [-0.3, -0.25) is 14.8 Å². The predicted octanol–water partition coefficient (Wildman–Crippen LogP) is 3.94. The van der Waals surface area contributed by atoms with Gasteiger partial charge in [-0.1, -0.05) is 12.1 Å². The maximum absolute atomic E-state index is 13.8. The number of hydrogen-bond donors (Lipinski definition) is 1. The Hall–Kier alpha value is -4.20. The van der Waals surface area contributed by atoms with Gasteiger partial charge in [0.1, 0.15) is 11.6 Å². The molecule has 0 fully saturated rings. The van der Waals surface area contributed by atoms with Crippen molar-refractivity contribution < 1.29 is 9.18 Å². The number of hydrogen-bond acceptors (Lipinski definition) is 6. The largest absolute Gasteiger partial charge is 0.340 e. The maximum atomic E-state index is 13.8. The fourth-order valence-electron chi connectivity index (χ4n) is 3.83. The summed E-state index contributed by atoms with van der Waals surface area (Å²) in [6.07, 6.45) is 5.90. The first-order chi connectivity index (χ1) is 16.2. The molecule has 7 nitrogen and oxygen atoms in total. The summed E-state index contributed by atoms with van der Waals surface area (Å²) in [5.41, 5.74) is 3.85. The molecule has 5 rings (SSSR count). The molecule has 0 aliphatic carbocycles. The molecule has 4 aromatic rings. The number of anilines is 2. The molecule has 0 atom stereocenters.